The van der Waals surface area contributed by atoms with Crippen molar-refractivity contribution >= 4 is 16.6 Å². The van der Waals surface area contributed by atoms with Crippen molar-refractivity contribution < 1.29 is 27.0 Å². The van der Waals surface area contributed by atoms with Gasteiger partial charge in [-0.3, -0.25) is 8.74 Å². The van der Waals surface area contributed by atoms with Gasteiger partial charge in [-0.05, 0) is 25.7 Å². The summed E-state index contributed by atoms with van der Waals surface area (Å²) in [5.74, 6) is -2.09. The monoisotopic (exact) mass is 256 g/mol. The normalized spacial score (nSPS) is 35.2. The Morgan fingerprint density at radius 3 is 2.44 bits per heavy atom. The average Bonchev–Trinajstić information content (AvgIpc) is 2.99. The van der Waals surface area contributed by atoms with Gasteiger partial charge in [-0.2, -0.15) is 8.78 Å². The molecule has 0 spiro atoms. The molecule has 4 nitrogen and oxygen atoms in total. The van der Waals surface area contributed by atoms with Crippen LogP contribution >= 0.6 is 10.6 Å². The Kier molecular flexibility index (Phi) is 3.11. The van der Waals surface area contributed by atoms with E-state index in [-0.39, 0.29) is 0 Å². The second-order valence-corrected chi connectivity index (χ2v) is 6.32. The summed E-state index contributed by atoms with van der Waals surface area (Å²) in [4.78, 5) is 11.2. The van der Waals surface area contributed by atoms with Crippen LogP contribution in [0.2, 0.25) is 0 Å². The number of carbonyl (C=O) groups excluding carboxylic acids is 1. The molecule has 1 aliphatic heterocycles. The average molecular weight is 256 g/mol. The summed E-state index contributed by atoms with van der Waals surface area (Å²) in [5, 5.41) is -3.88. The third-order valence-corrected chi connectivity index (χ3v) is 4.46. The molecule has 2 rings (SSSR count). The Hall–Kier alpha value is -0.400. The minimum absolute atomic E-state index is 0.436. The van der Waals surface area contributed by atoms with E-state index >= 15 is 0 Å². The lowest BCUT2D eigenvalue weighted by molar-refractivity contribution is -0.168. The van der Waals surface area contributed by atoms with Gasteiger partial charge in [0.15, 0.2) is 5.94 Å². The molecular formula is C9H14F2O4S. The number of carbonyl (C=O) groups is 1. The van der Waals surface area contributed by atoms with Gasteiger partial charge < -0.3 is 4.74 Å². The van der Waals surface area contributed by atoms with Gasteiger partial charge in [0, 0.05) is 0 Å². The Bertz CT molecular complexity index is 287. The summed E-state index contributed by atoms with van der Waals surface area (Å²) in [6.45, 7) is 0. The molecule has 1 saturated carbocycles. The van der Waals surface area contributed by atoms with Gasteiger partial charge in [0.05, 0.1) is 0 Å². The van der Waals surface area contributed by atoms with E-state index in [0.29, 0.717) is 12.8 Å². The largest absolute Gasteiger partial charge is 0.457 e. The lowest BCUT2D eigenvalue weighted by atomic mass is 9.98. The van der Waals surface area contributed by atoms with Crippen LogP contribution in [0.5, 0.6) is 0 Å². The highest BCUT2D eigenvalue weighted by molar-refractivity contribution is 8.30. The van der Waals surface area contributed by atoms with Crippen LogP contribution in [-0.4, -0.2) is 27.8 Å². The Labute approximate surface area is 93.6 Å². The van der Waals surface area contributed by atoms with E-state index in [1.807, 2.05) is 0 Å². The van der Waals surface area contributed by atoms with Gasteiger partial charge in [0.2, 0.25) is 0 Å². The summed E-state index contributed by atoms with van der Waals surface area (Å²) in [5.41, 5.74) is 0. The highest BCUT2D eigenvalue weighted by Crippen LogP contribution is 2.70. The molecule has 1 N–H and O–H groups in total. The molecule has 1 aliphatic carbocycles. The molecule has 0 aromatic rings. The summed E-state index contributed by atoms with van der Waals surface area (Å²) in [6, 6.07) is 0. The Balaban J connectivity index is 1.91. The van der Waals surface area contributed by atoms with Gasteiger partial charge in [0.25, 0.3) is 0 Å². The van der Waals surface area contributed by atoms with E-state index in [1.165, 1.54) is 0 Å². The predicted molar refractivity (Wildman–Crippen MR) is 54.1 cm³/mol. The van der Waals surface area contributed by atoms with Crippen LogP contribution < -0.4 is 0 Å². The van der Waals surface area contributed by atoms with Gasteiger partial charge in [-0.1, -0.05) is 17.0 Å². The quantitative estimate of drug-likeness (QED) is 0.623. The Morgan fingerprint density at radius 2 is 1.94 bits per heavy atom. The van der Waals surface area contributed by atoms with Gasteiger partial charge >= 0.3 is 11.2 Å². The molecule has 7 heteroatoms. The highest BCUT2D eigenvalue weighted by atomic mass is 32.3. The van der Waals surface area contributed by atoms with Gasteiger partial charge in [0.1, 0.15) is 6.10 Å². The maximum atomic E-state index is 13.3. The SMILES string of the molecule is O=C(OC1CCCCC1)C(F)(F)S1(O)CO1. The smallest absolute Gasteiger partial charge is 0.437 e. The number of hydrogen-bond donors (Lipinski definition) is 1. The van der Waals surface area contributed by atoms with E-state index in [4.69, 9.17) is 9.29 Å². The molecule has 2 aliphatic rings. The molecule has 0 bridgehead atoms. The zero-order valence-electron chi connectivity index (χ0n) is 8.66. The van der Waals surface area contributed by atoms with Crippen molar-refractivity contribution in [1.29, 1.82) is 0 Å². The van der Waals surface area contributed by atoms with Crippen molar-refractivity contribution in [1.82, 2.24) is 0 Å². The number of esters is 1. The third-order valence-electron chi connectivity index (χ3n) is 2.81. The van der Waals surface area contributed by atoms with Gasteiger partial charge in [-0.15, -0.1) is 0 Å². The number of alkyl halides is 2. The fraction of sp³-hybridized carbons (Fsp3) is 0.889. The first-order chi connectivity index (χ1) is 7.46. The first-order valence-electron chi connectivity index (χ1n) is 5.22. The van der Waals surface area contributed by atoms with E-state index in [0.717, 1.165) is 19.3 Å². The molecular weight excluding hydrogens is 242 g/mol. The molecule has 1 atom stereocenters. The number of halogens is 2. The maximum absolute atomic E-state index is 13.3. The third kappa shape index (κ3) is 2.16. The van der Waals surface area contributed by atoms with Crippen molar-refractivity contribution in [3.05, 3.63) is 0 Å². The second kappa shape index (κ2) is 4.12. The van der Waals surface area contributed by atoms with Crippen LogP contribution in [0.25, 0.3) is 0 Å². The predicted octanol–water partition coefficient (Wildman–Crippen LogP) is 2.64. The van der Waals surface area contributed by atoms with Crippen molar-refractivity contribution in [3.8, 4) is 0 Å². The van der Waals surface area contributed by atoms with E-state index in [2.05, 4.69) is 4.18 Å². The van der Waals surface area contributed by atoms with E-state index < -0.39 is 33.9 Å². The standard InChI is InChI=1S/C9H14F2O4S/c10-9(11,16(13)6-14-16)8(12)15-7-4-2-1-3-5-7/h7,13H,1-6H2. The number of ether oxygens (including phenoxy) is 1. The van der Waals surface area contributed by atoms with Crippen LogP contribution in [0.15, 0.2) is 0 Å². The van der Waals surface area contributed by atoms with E-state index in [9.17, 15) is 13.6 Å². The molecule has 16 heavy (non-hydrogen) atoms. The molecule has 94 valence electrons. The van der Waals surface area contributed by atoms with Crippen molar-refractivity contribution in [2.75, 3.05) is 5.94 Å². The Morgan fingerprint density at radius 1 is 1.38 bits per heavy atom. The zero-order valence-corrected chi connectivity index (χ0v) is 9.47. The van der Waals surface area contributed by atoms with Crippen molar-refractivity contribution in [2.45, 2.75) is 43.5 Å². The van der Waals surface area contributed by atoms with Crippen LogP contribution in [0.1, 0.15) is 32.1 Å². The molecule has 2 fully saturated rings. The van der Waals surface area contributed by atoms with Crippen molar-refractivity contribution in [2.24, 2.45) is 0 Å². The molecule has 0 aromatic heterocycles. The highest BCUT2D eigenvalue weighted by Gasteiger charge is 2.63. The van der Waals surface area contributed by atoms with E-state index in [1.54, 1.807) is 0 Å². The minimum Gasteiger partial charge on any atom is -0.457 e. The molecule has 0 aromatic carbocycles. The lowest BCUT2D eigenvalue weighted by Crippen LogP contribution is -2.35. The molecule has 1 heterocycles. The lowest BCUT2D eigenvalue weighted by Gasteiger charge is -2.27. The molecule has 1 unspecified atom stereocenters. The fourth-order valence-electron chi connectivity index (χ4n) is 1.73. The van der Waals surface area contributed by atoms with Crippen LogP contribution in [0.3, 0.4) is 0 Å². The minimum atomic E-state index is -3.88. The summed E-state index contributed by atoms with van der Waals surface area (Å²) >= 11 is 0. The van der Waals surface area contributed by atoms with Crippen LogP contribution in [0, 0.1) is 0 Å². The first-order valence-corrected chi connectivity index (χ1v) is 6.90. The van der Waals surface area contributed by atoms with Crippen LogP contribution in [-0.2, 0) is 13.7 Å². The molecule has 1 saturated heterocycles. The zero-order chi connectivity index (χ0) is 11.8. The number of hydrogen-bond acceptors (Lipinski definition) is 4. The fourth-order valence-corrected chi connectivity index (χ4v) is 2.70. The number of rotatable bonds is 3. The van der Waals surface area contributed by atoms with Gasteiger partial charge in [-0.25, -0.2) is 4.79 Å². The first kappa shape index (κ1) is 12.1. The topological polar surface area (TPSA) is 59.1 Å². The molecule has 0 radical (unpaired) electrons. The summed E-state index contributed by atoms with van der Waals surface area (Å²) < 4.78 is 44.8. The van der Waals surface area contributed by atoms with Crippen molar-refractivity contribution in [3.63, 3.8) is 0 Å². The maximum Gasteiger partial charge on any atom is 0.437 e. The summed E-state index contributed by atoms with van der Waals surface area (Å²) in [7, 11) is -3.51. The second-order valence-electron chi connectivity index (χ2n) is 4.06. The van der Waals surface area contributed by atoms with Crippen LogP contribution in [0.4, 0.5) is 8.78 Å². The summed E-state index contributed by atoms with van der Waals surface area (Å²) in [6.07, 6.45) is 3.62. The molecule has 0 amide bonds.